The van der Waals surface area contributed by atoms with Gasteiger partial charge in [-0.2, -0.15) is 0 Å². The lowest BCUT2D eigenvalue weighted by molar-refractivity contribution is -0.129. The molecule has 5 heteroatoms. The van der Waals surface area contributed by atoms with E-state index in [1.807, 2.05) is 0 Å². The van der Waals surface area contributed by atoms with Crippen molar-refractivity contribution in [2.24, 2.45) is 0 Å². The van der Waals surface area contributed by atoms with Gasteiger partial charge < -0.3 is 0 Å². The molecule has 0 aromatic carbocycles. The number of carbonyl (C=O) groups is 2. The maximum absolute atomic E-state index is 11.4. The van der Waals surface area contributed by atoms with Crippen molar-refractivity contribution in [2.45, 2.75) is 6.92 Å². The number of hydrogen-bond donors (Lipinski definition) is 1. The molecule has 0 bridgehead atoms. The van der Waals surface area contributed by atoms with Crippen molar-refractivity contribution in [3.63, 3.8) is 0 Å². The number of pyridine rings is 1. The molecule has 0 unspecified atom stereocenters. The van der Waals surface area contributed by atoms with Gasteiger partial charge in [0.1, 0.15) is 5.69 Å². The van der Waals surface area contributed by atoms with Crippen LogP contribution in [0.5, 0.6) is 0 Å². The van der Waals surface area contributed by atoms with Gasteiger partial charge in [0, 0.05) is 20.2 Å². The minimum absolute atomic E-state index is 0.241. The van der Waals surface area contributed by atoms with Gasteiger partial charge in [-0.05, 0) is 12.1 Å². The van der Waals surface area contributed by atoms with Crippen LogP contribution in [-0.4, -0.2) is 28.9 Å². The average molecular weight is 193 g/mol. The second-order valence-electron chi connectivity index (χ2n) is 2.73. The lowest BCUT2D eigenvalue weighted by Crippen LogP contribution is -2.42. The van der Waals surface area contributed by atoms with Crippen LogP contribution in [0, 0.1) is 0 Å². The van der Waals surface area contributed by atoms with Crippen molar-refractivity contribution < 1.29 is 9.59 Å². The molecule has 0 radical (unpaired) electrons. The Kier molecular flexibility index (Phi) is 3.17. The highest BCUT2D eigenvalue weighted by Gasteiger charge is 2.09. The van der Waals surface area contributed by atoms with Crippen molar-refractivity contribution in [1.82, 2.24) is 15.4 Å². The molecule has 0 saturated heterocycles. The normalized spacial score (nSPS) is 9.29. The third kappa shape index (κ3) is 2.55. The maximum atomic E-state index is 11.4. The first-order valence-electron chi connectivity index (χ1n) is 4.07. The zero-order valence-corrected chi connectivity index (χ0v) is 8.02. The molecule has 1 N–H and O–H groups in total. The molecular formula is C9H11N3O2. The molecule has 1 rings (SSSR count). The summed E-state index contributed by atoms with van der Waals surface area (Å²) in [5.41, 5.74) is 2.66. The number of carbonyl (C=O) groups excluding carboxylic acids is 2. The Labute approximate surface area is 81.7 Å². The summed E-state index contributed by atoms with van der Waals surface area (Å²) >= 11 is 0. The molecule has 0 aliphatic rings. The van der Waals surface area contributed by atoms with Gasteiger partial charge in [0.25, 0.3) is 5.91 Å². The first kappa shape index (κ1) is 10.2. The van der Waals surface area contributed by atoms with Crippen molar-refractivity contribution in [1.29, 1.82) is 0 Å². The van der Waals surface area contributed by atoms with E-state index in [-0.39, 0.29) is 11.6 Å². The van der Waals surface area contributed by atoms with E-state index in [2.05, 4.69) is 10.4 Å². The Morgan fingerprint density at radius 2 is 2.14 bits per heavy atom. The van der Waals surface area contributed by atoms with Gasteiger partial charge in [0.2, 0.25) is 5.91 Å². The number of nitrogens with zero attached hydrogens (tertiary/aromatic N) is 2. The van der Waals surface area contributed by atoms with E-state index in [0.717, 1.165) is 5.01 Å². The van der Waals surface area contributed by atoms with Gasteiger partial charge in [0.15, 0.2) is 0 Å². The molecule has 1 heterocycles. The first-order chi connectivity index (χ1) is 6.61. The Hall–Kier alpha value is -1.91. The minimum Gasteiger partial charge on any atom is -0.273 e. The van der Waals surface area contributed by atoms with E-state index < -0.39 is 5.91 Å². The van der Waals surface area contributed by atoms with Crippen LogP contribution in [0.4, 0.5) is 0 Å². The molecule has 0 spiro atoms. The van der Waals surface area contributed by atoms with Gasteiger partial charge in [0.05, 0.1) is 0 Å². The summed E-state index contributed by atoms with van der Waals surface area (Å²) in [6, 6.07) is 4.99. The smallest absolute Gasteiger partial charge is 0.273 e. The van der Waals surface area contributed by atoms with Crippen LogP contribution in [0.15, 0.2) is 24.4 Å². The van der Waals surface area contributed by atoms with Gasteiger partial charge in [-0.15, -0.1) is 0 Å². The summed E-state index contributed by atoms with van der Waals surface area (Å²) in [5.74, 6) is -0.641. The van der Waals surface area contributed by atoms with E-state index in [1.54, 1.807) is 18.2 Å². The molecule has 0 aliphatic heterocycles. The van der Waals surface area contributed by atoms with Gasteiger partial charge in [-0.3, -0.25) is 25.0 Å². The van der Waals surface area contributed by atoms with Crippen LogP contribution in [0.25, 0.3) is 0 Å². The van der Waals surface area contributed by atoms with Gasteiger partial charge >= 0.3 is 0 Å². The van der Waals surface area contributed by atoms with Crippen molar-refractivity contribution in [3.05, 3.63) is 30.1 Å². The molecule has 1 aromatic rings. The molecule has 2 amide bonds. The molecule has 0 aliphatic carbocycles. The molecule has 14 heavy (non-hydrogen) atoms. The lowest BCUT2D eigenvalue weighted by atomic mass is 10.3. The van der Waals surface area contributed by atoms with Crippen molar-refractivity contribution >= 4 is 11.8 Å². The van der Waals surface area contributed by atoms with Gasteiger partial charge in [-0.25, -0.2) is 0 Å². The topological polar surface area (TPSA) is 62.3 Å². The second kappa shape index (κ2) is 4.36. The Bertz CT molecular complexity index is 337. The highest BCUT2D eigenvalue weighted by Crippen LogP contribution is 1.93. The molecule has 5 nitrogen and oxygen atoms in total. The third-order valence-corrected chi connectivity index (χ3v) is 1.64. The third-order valence-electron chi connectivity index (χ3n) is 1.64. The predicted molar refractivity (Wildman–Crippen MR) is 50.1 cm³/mol. The molecule has 1 aromatic heterocycles. The molecule has 0 fully saturated rings. The fraction of sp³-hybridized carbons (Fsp3) is 0.222. The quantitative estimate of drug-likeness (QED) is 0.648. The van der Waals surface area contributed by atoms with Crippen LogP contribution >= 0.6 is 0 Å². The highest BCUT2D eigenvalue weighted by molar-refractivity contribution is 5.93. The largest absolute Gasteiger partial charge is 0.288 e. The zero-order chi connectivity index (χ0) is 10.6. The summed E-state index contributed by atoms with van der Waals surface area (Å²) in [6.45, 7) is 1.36. The fourth-order valence-corrected chi connectivity index (χ4v) is 0.785. The van der Waals surface area contributed by atoms with Crippen LogP contribution in [-0.2, 0) is 4.79 Å². The number of hydrazine groups is 1. The van der Waals surface area contributed by atoms with Crippen molar-refractivity contribution in [3.8, 4) is 0 Å². The Balaban J connectivity index is 2.64. The molecule has 0 saturated carbocycles. The number of hydrogen-bond acceptors (Lipinski definition) is 3. The number of aromatic nitrogens is 1. The van der Waals surface area contributed by atoms with E-state index in [0.29, 0.717) is 0 Å². The van der Waals surface area contributed by atoms with Crippen LogP contribution < -0.4 is 5.43 Å². The Morgan fingerprint density at radius 3 is 2.64 bits per heavy atom. The molecular weight excluding hydrogens is 182 g/mol. The fourth-order valence-electron chi connectivity index (χ4n) is 0.785. The minimum atomic E-state index is -0.400. The lowest BCUT2D eigenvalue weighted by Gasteiger charge is -2.15. The second-order valence-corrected chi connectivity index (χ2v) is 2.73. The van der Waals surface area contributed by atoms with Crippen LogP contribution in [0.3, 0.4) is 0 Å². The van der Waals surface area contributed by atoms with E-state index in [9.17, 15) is 9.59 Å². The summed E-state index contributed by atoms with van der Waals surface area (Å²) in [6.07, 6.45) is 1.52. The number of rotatable bonds is 1. The number of nitrogens with one attached hydrogen (secondary N) is 1. The maximum Gasteiger partial charge on any atom is 0.288 e. The monoisotopic (exact) mass is 193 g/mol. The van der Waals surface area contributed by atoms with Crippen molar-refractivity contribution in [2.75, 3.05) is 7.05 Å². The average Bonchev–Trinajstić information content (AvgIpc) is 2.19. The first-order valence-corrected chi connectivity index (χ1v) is 4.07. The molecule has 0 atom stereocenters. The summed E-state index contributed by atoms with van der Waals surface area (Å²) < 4.78 is 0. The van der Waals surface area contributed by atoms with Crippen LogP contribution in [0.2, 0.25) is 0 Å². The SMILES string of the molecule is CC(=O)N(C)NC(=O)c1ccccn1. The Morgan fingerprint density at radius 1 is 1.43 bits per heavy atom. The predicted octanol–water partition coefficient (Wildman–Crippen LogP) is 0.205. The van der Waals surface area contributed by atoms with Gasteiger partial charge in [-0.1, -0.05) is 6.07 Å². The summed E-state index contributed by atoms with van der Waals surface area (Å²) in [5, 5.41) is 1.11. The highest BCUT2D eigenvalue weighted by atomic mass is 16.2. The zero-order valence-electron chi connectivity index (χ0n) is 8.02. The van der Waals surface area contributed by atoms with E-state index in [4.69, 9.17) is 0 Å². The van der Waals surface area contributed by atoms with Crippen LogP contribution in [0.1, 0.15) is 17.4 Å². The number of amides is 2. The van der Waals surface area contributed by atoms with E-state index >= 15 is 0 Å². The molecule has 74 valence electrons. The van der Waals surface area contributed by atoms with E-state index in [1.165, 1.54) is 20.2 Å². The summed E-state index contributed by atoms with van der Waals surface area (Å²) in [4.78, 5) is 26.0. The summed E-state index contributed by atoms with van der Waals surface area (Å²) in [7, 11) is 1.48. The standard InChI is InChI=1S/C9H11N3O2/c1-7(13)12(2)11-9(14)8-5-3-4-6-10-8/h3-6H,1-2H3,(H,11,14).